The predicted octanol–water partition coefficient (Wildman–Crippen LogP) is 3.68. The van der Waals surface area contributed by atoms with Gasteiger partial charge in [0.05, 0.1) is 24.0 Å². The van der Waals surface area contributed by atoms with Gasteiger partial charge in [0.25, 0.3) is 0 Å². The Morgan fingerprint density at radius 1 is 0.955 bits per heavy atom. The molecule has 1 unspecified atom stereocenters. The molecule has 1 aliphatic rings. The number of aliphatic hydroxyl groups is 1. The van der Waals surface area contributed by atoms with E-state index in [9.17, 15) is 5.11 Å². The van der Waals surface area contributed by atoms with E-state index in [1.54, 1.807) is 11.8 Å². The minimum atomic E-state index is -0.321. The first kappa shape index (κ1) is 13.6. The van der Waals surface area contributed by atoms with Crippen LogP contribution in [0.4, 0.5) is 0 Å². The van der Waals surface area contributed by atoms with E-state index < -0.39 is 0 Å². The Kier molecular flexibility index (Phi) is 3.48. The van der Waals surface area contributed by atoms with Crippen LogP contribution in [0.1, 0.15) is 0 Å². The van der Waals surface area contributed by atoms with E-state index >= 15 is 0 Å². The lowest BCUT2D eigenvalue weighted by Gasteiger charge is -2.20. The van der Waals surface area contributed by atoms with Crippen molar-refractivity contribution in [2.45, 2.75) is 17.8 Å². The number of imidazole rings is 1. The Balaban J connectivity index is 1.95. The summed E-state index contributed by atoms with van der Waals surface area (Å²) in [6.07, 6.45) is -0.321. The lowest BCUT2D eigenvalue weighted by Crippen LogP contribution is -2.24. The number of rotatable bonds is 2. The number of fused-ring (bicyclic) bond motifs is 1. The average Bonchev–Trinajstić information content (AvgIpc) is 2.95. The zero-order chi connectivity index (χ0) is 14.9. The molecule has 0 amide bonds. The number of aromatic nitrogens is 2. The monoisotopic (exact) mass is 308 g/mol. The molecular formula is C18H16N2OS. The summed E-state index contributed by atoms with van der Waals surface area (Å²) in [6, 6.07) is 20.5. The van der Waals surface area contributed by atoms with Gasteiger partial charge >= 0.3 is 0 Å². The molecule has 0 radical (unpaired) electrons. The third-order valence-corrected chi connectivity index (χ3v) is 4.95. The molecule has 2 aromatic carbocycles. The van der Waals surface area contributed by atoms with Crippen LogP contribution in [0.5, 0.6) is 0 Å². The topological polar surface area (TPSA) is 38.1 Å². The quantitative estimate of drug-likeness (QED) is 0.785. The van der Waals surface area contributed by atoms with Crippen LogP contribution in [0.2, 0.25) is 0 Å². The molecule has 0 saturated heterocycles. The molecule has 4 heteroatoms. The fourth-order valence-corrected chi connectivity index (χ4v) is 3.76. The Bertz CT molecular complexity index is 784. The Labute approximate surface area is 133 Å². The average molecular weight is 308 g/mol. The summed E-state index contributed by atoms with van der Waals surface area (Å²) in [5.41, 5.74) is 4.32. The second-order valence-electron chi connectivity index (χ2n) is 5.40. The molecule has 0 aliphatic carbocycles. The summed E-state index contributed by atoms with van der Waals surface area (Å²) < 4.78 is 2.15. The number of thioether (sulfide) groups is 1. The second-order valence-corrected chi connectivity index (χ2v) is 6.39. The van der Waals surface area contributed by atoms with E-state index in [2.05, 4.69) is 28.8 Å². The van der Waals surface area contributed by atoms with Gasteiger partial charge in [0, 0.05) is 16.9 Å². The molecule has 1 atom stereocenters. The fourth-order valence-electron chi connectivity index (χ4n) is 2.83. The summed E-state index contributed by atoms with van der Waals surface area (Å²) in [5, 5.41) is 11.0. The van der Waals surface area contributed by atoms with Crippen molar-refractivity contribution in [3.63, 3.8) is 0 Å². The maximum absolute atomic E-state index is 10.0. The van der Waals surface area contributed by atoms with Crippen molar-refractivity contribution in [1.82, 2.24) is 9.55 Å². The lowest BCUT2D eigenvalue weighted by atomic mass is 10.0. The highest BCUT2D eigenvalue weighted by molar-refractivity contribution is 7.99. The SMILES string of the molecule is OC1CSc2nc(-c3ccccc3)c(-c3ccccc3)n2C1. The van der Waals surface area contributed by atoms with Gasteiger partial charge in [-0.3, -0.25) is 0 Å². The normalized spacial score (nSPS) is 17.2. The molecule has 22 heavy (non-hydrogen) atoms. The van der Waals surface area contributed by atoms with Gasteiger partial charge in [-0.2, -0.15) is 0 Å². The van der Waals surface area contributed by atoms with Crippen LogP contribution < -0.4 is 0 Å². The maximum Gasteiger partial charge on any atom is 0.169 e. The molecule has 110 valence electrons. The van der Waals surface area contributed by atoms with Crippen molar-refractivity contribution in [3.05, 3.63) is 60.7 Å². The number of hydrogen-bond acceptors (Lipinski definition) is 3. The summed E-state index contributed by atoms with van der Waals surface area (Å²) >= 11 is 1.62. The van der Waals surface area contributed by atoms with Crippen LogP contribution in [0, 0.1) is 0 Å². The van der Waals surface area contributed by atoms with Crippen LogP contribution in [-0.4, -0.2) is 26.5 Å². The molecular weight excluding hydrogens is 292 g/mol. The maximum atomic E-state index is 10.0. The predicted molar refractivity (Wildman–Crippen MR) is 89.8 cm³/mol. The second kappa shape index (κ2) is 5.63. The van der Waals surface area contributed by atoms with E-state index in [1.807, 2.05) is 36.4 Å². The van der Waals surface area contributed by atoms with E-state index in [1.165, 1.54) is 0 Å². The van der Waals surface area contributed by atoms with Crippen molar-refractivity contribution in [2.75, 3.05) is 5.75 Å². The van der Waals surface area contributed by atoms with Gasteiger partial charge in [-0.15, -0.1) is 0 Å². The van der Waals surface area contributed by atoms with E-state index in [-0.39, 0.29) is 6.10 Å². The van der Waals surface area contributed by atoms with Gasteiger partial charge in [-0.1, -0.05) is 72.4 Å². The molecule has 3 aromatic rings. The minimum absolute atomic E-state index is 0.321. The van der Waals surface area contributed by atoms with E-state index in [0.29, 0.717) is 12.3 Å². The summed E-state index contributed by atoms with van der Waals surface area (Å²) in [4.78, 5) is 4.85. The standard InChI is InChI=1S/C18H16N2OS/c21-15-11-20-17(14-9-5-2-6-10-14)16(19-18(20)22-12-15)13-7-3-1-4-8-13/h1-10,15,21H,11-12H2. The highest BCUT2D eigenvalue weighted by Gasteiger charge is 2.25. The minimum Gasteiger partial charge on any atom is -0.390 e. The molecule has 0 fully saturated rings. The van der Waals surface area contributed by atoms with Crippen molar-refractivity contribution in [2.24, 2.45) is 0 Å². The molecule has 1 N–H and O–H groups in total. The lowest BCUT2D eigenvalue weighted by molar-refractivity contribution is 0.171. The molecule has 0 bridgehead atoms. The first-order chi connectivity index (χ1) is 10.8. The first-order valence-electron chi connectivity index (χ1n) is 7.35. The van der Waals surface area contributed by atoms with Gasteiger partial charge in [0.15, 0.2) is 5.16 Å². The molecule has 0 spiro atoms. The van der Waals surface area contributed by atoms with Crippen LogP contribution in [0.25, 0.3) is 22.5 Å². The van der Waals surface area contributed by atoms with Gasteiger partial charge < -0.3 is 9.67 Å². The van der Waals surface area contributed by atoms with E-state index in [4.69, 9.17) is 4.98 Å². The van der Waals surface area contributed by atoms with Crippen LogP contribution in [-0.2, 0) is 6.54 Å². The van der Waals surface area contributed by atoms with Gasteiger partial charge in [0.1, 0.15) is 0 Å². The van der Waals surface area contributed by atoms with Crippen molar-refractivity contribution in [3.8, 4) is 22.5 Å². The van der Waals surface area contributed by atoms with Gasteiger partial charge in [0.2, 0.25) is 0 Å². The van der Waals surface area contributed by atoms with Crippen molar-refractivity contribution in [1.29, 1.82) is 0 Å². The molecule has 4 rings (SSSR count). The van der Waals surface area contributed by atoms with Crippen LogP contribution in [0.15, 0.2) is 65.8 Å². The highest BCUT2D eigenvalue weighted by atomic mass is 32.2. The molecule has 1 aliphatic heterocycles. The van der Waals surface area contributed by atoms with E-state index in [0.717, 1.165) is 27.7 Å². The Hall–Kier alpha value is -2.04. The van der Waals surface area contributed by atoms with Crippen LogP contribution >= 0.6 is 11.8 Å². The number of nitrogens with zero attached hydrogens (tertiary/aromatic N) is 2. The van der Waals surface area contributed by atoms with Gasteiger partial charge in [-0.05, 0) is 0 Å². The largest absolute Gasteiger partial charge is 0.390 e. The Morgan fingerprint density at radius 3 is 2.27 bits per heavy atom. The number of hydrogen-bond donors (Lipinski definition) is 1. The zero-order valence-corrected chi connectivity index (χ0v) is 12.8. The van der Waals surface area contributed by atoms with Crippen molar-refractivity contribution >= 4 is 11.8 Å². The third-order valence-electron chi connectivity index (χ3n) is 3.83. The zero-order valence-electron chi connectivity index (χ0n) is 12.0. The summed E-state index contributed by atoms with van der Waals surface area (Å²) in [7, 11) is 0. The summed E-state index contributed by atoms with van der Waals surface area (Å²) in [6.45, 7) is 0.604. The summed E-state index contributed by atoms with van der Waals surface area (Å²) in [5.74, 6) is 0.708. The smallest absolute Gasteiger partial charge is 0.169 e. The highest BCUT2D eigenvalue weighted by Crippen LogP contribution is 2.38. The number of benzene rings is 2. The van der Waals surface area contributed by atoms with Gasteiger partial charge in [-0.25, -0.2) is 4.98 Å². The van der Waals surface area contributed by atoms with Crippen molar-refractivity contribution < 1.29 is 5.11 Å². The number of aliphatic hydroxyl groups excluding tert-OH is 1. The molecule has 1 aromatic heterocycles. The molecule has 2 heterocycles. The fraction of sp³-hybridized carbons (Fsp3) is 0.167. The Morgan fingerprint density at radius 2 is 1.59 bits per heavy atom. The molecule has 3 nitrogen and oxygen atoms in total. The first-order valence-corrected chi connectivity index (χ1v) is 8.34. The van der Waals surface area contributed by atoms with Crippen LogP contribution in [0.3, 0.4) is 0 Å². The third kappa shape index (κ3) is 2.34. The molecule has 0 saturated carbocycles.